The molecule has 1 aliphatic heterocycles. The van der Waals surface area contributed by atoms with Gasteiger partial charge in [0.15, 0.2) is 0 Å². The molecule has 1 aliphatic rings. The molecule has 1 aromatic carbocycles. The molecule has 0 atom stereocenters. The van der Waals surface area contributed by atoms with Gasteiger partial charge in [-0.25, -0.2) is 8.78 Å². The molecule has 1 saturated heterocycles. The van der Waals surface area contributed by atoms with Crippen molar-refractivity contribution >= 4 is 21.8 Å². The molecule has 1 heterocycles. The Balaban J connectivity index is 2.15. The largest absolute Gasteiger partial charge is 0.338 e. The number of nitrogens with zero attached hydrogens (tertiary/aromatic N) is 2. The molecule has 1 fully saturated rings. The van der Waals surface area contributed by atoms with Crippen LogP contribution in [0.2, 0.25) is 0 Å². The maximum Gasteiger partial charge on any atom is 0.255 e. The number of carbonyl (C=O) groups excluding carboxylic acids is 1. The highest BCUT2D eigenvalue weighted by molar-refractivity contribution is 9.10. The van der Waals surface area contributed by atoms with E-state index in [1.807, 2.05) is 6.07 Å². The van der Waals surface area contributed by atoms with Gasteiger partial charge in [0.05, 0.1) is 17.2 Å². The second-order valence-electron chi connectivity index (χ2n) is 4.45. The van der Waals surface area contributed by atoms with E-state index in [9.17, 15) is 13.6 Å². The molecule has 0 unspecified atom stereocenters. The van der Waals surface area contributed by atoms with Gasteiger partial charge in [-0.3, -0.25) is 4.79 Å². The molecule has 0 spiro atoms. The quantitative estimate of drug-likeness (QED) is 0.794. The molecular formula is C13H11BrF2N2O. The highest BCUT2D eigenvalue weighted by Crippen LogP contribution is 2.29. The van der Waals surface area contributed by atoms with Gasteiger partial charge >= 0.3 is 0 Å². The minimum absolute atomic E-state index is 0.0538. The summed E-state index contributed by atoms with van der Waals surface area (Å²) in [4.78, 5) is 13.6. The van der Waals surface area contributed by atoms with Crippen molar-refractivity contribution in [3.63, 3.8) is 0 Å². The van der Waals surface area contributed by atoms with Crippen molar-refractivity contribution in [1.29, 1.82) is 5.26 Å². The number of hydrogen-bond donors (Lipinski definition) is 0. The number of piperidine rings is 1. The first-order chi connectivity index (χ1) is 8.93. The predicted octanol–water partition coefficient (Wildman–Crippen LogP) is 3.19. The van der Waals surface area contributed by atoms with Gasteiger partial charge in [0, 0.05) is 30.4 Å². The standard InChI is InChI=1S/C13H11BrF2N2O/c14-11-7-9(8-17)1-2-10(11)12(19)18-5-3-13(15,16)4-6-18/h1-2,7H,3-6H2. The molecule has 1 aromatic rings. The molecule has 1 amide bonds. The number of halogens is 3. The van der Waals surface area contributed by atoms with Crippen molar-refractivity contribution in [2.45, 2.75) is 18.8 Å². The Morgan fingerprint density at radius 2 is 2.00 bits per heavy atom. The summed E-state index contributed by atoms with van der Waals surface area (Å²) in [7, 11) is 0. The molecule has 0 aromatic heterocycles. The van der Waals surface area contributed by atoms with Crippen molar-refractivity contribution in [3.8, 4) is 6.07 Å². The van der Waals surface area contributed by atoms with Crippen LogP contribution in [0.15, 0.2) is 22.7 Å². The van der Waals surface area contributed by atoms with E-state index < -0.39 is 5.92 Å². The van der Waals surface area contributed by atoms with Crippen molar-refractivity contribution in [3.05, 3.63) is 33.8 Å². The summed E-state index contributed by atoms with van der Waals surface area (Å²) in [6, 6.07) is 6.60. The van der Waals surface area contributed by atoms with E-state index in [0.717, 1.165) is 0 Å². The van der Waals surface area contributed by atoms with Crippen LogP contribution in [0.5, 0.6) is 0 Å². The van der Waals surface area contributed by atoms with E-state index in [1.54, 1.807) is 6.07 Å². The van der Waals surface area contributed by atoms with Gasteiger partial charge in [-0.2, -0.15) is 5.26 Å². The first-order valence-corrected chi connectivity index (χ1v) is 6.59. The molecule has 0 aliphatic carbocycles. The number of rotatable bonds is 1. The summed E-state index contributed by atoms with van der Waals surface area (Å²) in [6.07, 6.45) is -0.598. The average molecular weight is 329 g/mol. The van der Waals surface area contributed by atoms with Gasteiger partial charge < -0.3 is 4.90 Å². The number of likely N-dealkylation sites (tertiary alicyclic amines) is 1. The number of hydrogen-bond acceptors (Lipinski definition) is 2. The zero-order chi connectivity index (χ0) is 14.0. The normalized spacial score (nSPS) is 17.9. The lowest BCUT2D eigenvalue weighted by Gasteiger charge is -2.32. The van der Waals surface area contributed by atoms with Gasteiger partial charge in [0.2, 0.25) is 0 Å². The van der Waals surface area contributed by atoms with Crippen LogP contribution in [0.4, 0.5) is 8.78 Å². The molecule has 0 bridgehead atoms. The van der Waals surface area contributed by atoms with Gasteiger partial charge in [0.25, 0.3) is 11.8 Å². The third kappa shape index (κ3) is 3.10. The number of carbonyl (C=O) groups is 1. The summed E-state index contributed by atoms with van der Waals surface area (Å²) < 4.78 is 26.6. The number of nitriles is 1. The molecular weight excluding hydrogens is 318 g/mol. The fourth-order valence-electron chi connectivity index (χ4n) is 1.97. The second kappa shape index (κ2) is 5.25. The Morgan fingerprint density at radius 3 is 2.53 bits per heavy atom. The van der Waals surface area contributed by atoms with Crippen LogP contribution >= 0.6 is 15.9 Å². The maximum absolute atomic E-state index is 13.0. The van der Waals surface area contributed by atoms with Crippen molar-refractivity contribution in [2.75, 3.05) is 13.1 Å². The van der Waals surface area contributed by atoms with Crippen molar-refractivity contribution in [2.24, 2.45) is 0 Å². The SMILES string of the molecule is N#Cc1ccc(C(=O)N2CCC(F)(F)CC2)c(Br)c1. The van der Waals surface area contributed by atoms with Gasteiger partial charge in [0.1, 0.15) is 0 Å². The third-order valence-corrected chi connectivity index (χ3v) is 3.77. The Morgan fingerprint density at radius 1 is 1.37 bits per heavy atom. The summed E-state index contributed by atoms with van der Waals surface area (Å²) in [6.45, 7) is 0.108. The Hall–Kier alpha value is -1.48. The number of alkyl halides is 2. The fourth-order valence-corrected chi connectivity index (χ4v) is 2.51. The Labute approximate surface area is 117 Å². The summed E-state index contributed by atoms with van der Waals surface area (Å²) in [5, 5.41) is 8.75. The van der Waals surface area contributed by atoms with Crippen LogP contribution < -0.4 is 0 Å². The number of amides is 1. The van der Waals surface area contributed by atoms with Crippen LogP contribution in [0.25, 0.3) is 0 Å². The maximum atomic E-state index is 13.0. The van der Waals surface area contributed by atoms with Crippen LogP contribution in [0, 0.1) is 11.3 Å². The molecule has 2 rings (SSSR count). The zero-order valence-electron chi connectivity index (χ0n) is 10.00. The van der Waals surface area contributed by atoms with Crippen LogP contribution in [-0.2, 0) is 0 Å². The molecule has 19 heavy (non-hydrogen) atoms. The highest BCUT2D eigenvalue weighted by Gasteiger charge is 2.36. The van der Waals surface area contributed by atoms with Crippen LogP contribution in [0.3, 0.4) is 0 Å². The monoisotopic (exact) mass is 328 g/mol. The van der Waals surface area contributed by atoms with E-state index in [2.05, 4.69) is 15.9 Å². The smallest absolute Gasteiger partial charge is 0.255 e. The molecule has 100 valence electrons. The van der Waals surface area contributed by atoms with E-state index >= 15 is 0 Å². The van der Waals surface area contributed by atoms with Gasteiger partial charge in [-0.05, 0) is 34.1 Å². The molecule has 6 heteroatoms. The lowest BCUT2D eigenvalue weighted by molar-refractivity contribution is -0.0494. The first kappa shape index (κ1) is 13.9. The topological polar surface area (TPSA) is 44.1 Å². The lowest BCUT2D eigenvalue weighted by Crippen LogP contribution is -2.42. The third-order valence-electron chi connectivity index (χ3n) is 3.11. The summed E-state index contributed by atoms with van der Waals surface area (Å²) in [5.74, 6) is -2.95. The zero-order valence-corrected chi connectivity index (χ0v) is 11.6. The minimum atomic E-state index is -2.67. The molecule has 0 radical (unpaired) electrons. The Kier molecular flexibility index (Phi) is 3.85. The minimum Gasteiger partial charge on any atom is -0.338 e. The lowest BCUT2D eigenvalue weighted by atomic mass is 10.0. The van der Waals surface area contributed by atoms with E-state index in [4.69, 9.17) is 5.26 Å². The second-order valence-corrected chi connectivity index (χ2v) is 5.31. The fraction of sp³-hybridized carbons (Fsp3) is 0.385. The number of benzene rings is 1. The van der Waals surface area contributed by atoms with E-state index in [1.165, 1.54) is 17.0 Å². The highest BCUT2D eigenvalue weighted by atomic mass is 79.9. The summed E-state index contributed by atoms with van der Waals surface area (Å²) in [5.41, 5.74) is 0.831. The van der Waals surface area contributed by atoms with Crippen molar-refractivity contribution in [1.82, 2.24) is 4.90 Å². The van der Waals surface area contributed by atoms with Crippen molar-refractivity contribution < 1.29 is 13.6 Å². The van der Waals surface area contributed by atoms with Gasteiger partial charge in [-0.1, -0.05) is 0 Å². The Bertz CT molecular complexity index is 544. The molecule has 0 saturated carbocycles. The summed E-state index contributed by atoms with van der Waals surface area (Å²) >= 11 is 3.23. The van der Waals surface area contributed by atoms with E-state index in [0.29, 0.717) is 15.6 Å². The van der Waals surface area contributed by atoms with E-state index in [-0.39, 0.29) is 31.8 Å². The average Bonchev–Trinajstić information content (AvgIpc) is 2.37. The van der Waals surface area contributed by atoms with Crippen LogP contribution in [0.1, 0.15) is 28.8 Å². The van der Waals surface area contributed by atoms with Gasteiger partial charge in [-0.15, -0.1) is 0 Å². The molecule has 3 nitrogen and oxygen atoms in total. The first-order valence-electron chi connectivity index (χ1n) is 5.80. The predicted molar refractivity (Wildman–Crippen MR) is 68.9 cm³/mol. The molecule has 0 N–H and O–H groups in total. The van der Waals surface area contributed by atoms with Crippen LogP contribution in [-0.4, -0.2) is 29.8 Å².